The fraction of sp³-hybridized carbons (Fsp3) is 0.200. The number of ether oxygens (including phenoxy) is 3. The maximum absolute atomic E-state index is 13.4. The highest BCUT2D eigenvalue weighted by Gasteiger charge is 2.26. The molecule has 0 saturated heterocycles. The average molecular weight is 574 g/mol. The Balaban J connectivity index is 1.47. The number of carbonyl (C=O) groups excluding carboxylic acids is 1. The molecule has 0 bridgehead atoms. The maximum atomic E-state index is 13.4. The van der Waals surface area contributed by atoms with Crippen LogP contribution in [0.2, 0.25) is 0 Å². The molecular formula is C25H24BrN3O6S. The molecule has 4 rings (SSSR count). The molecule has 1 aliphatic rings. The van der Waals surface area contributed by atoms with Crippen LogP contribution < -0.4 is 19.6 Å². The second-order valence-corrected chi connectivity index (χ2v) is 10.6. The molecule has 0 atom stereocenters. The van der Waals surface area contributed by atoms with Crippen molar-refractivity contribution in [3.63, 3.8) is 0 Å². The Morgan fingerprint density at radius 2 is 1.81 bits per heavy atom. The van der Waals surface area contributed by atoms with Crippen LogP contribution in [0.1, 0.15) is 11.1 Å². The fourth-order valence-corrected chi connectivity index (χ4v) is 5.30. The molecule has 1 aliphatic heterocycles. The van der Waals surface area contributed by atoms with Gasteiger partial charge in [-0.05, 0) is 64.3 Å². The van der Waals surface area contributed by atoms with E-state index in [1.165, 1.54) is 25.5 Å². The number of amides is 1. The molecule has 0 aliphatic carbocycles. The van der Waals surface area contributed by atoms with Crippen molar-refractivity contribution in [2.75, 3.05) is 27.0 Å². The van der Waals surface area contributed by atoms with Crippen molar-refractivity contribution in [2.45, 2.75) is 11.3 Å². The first-order chi connectivity index (χ1) is 17.4. The largest absolute Gasteiger partial charge is 0.497 e. The molecule has 0 fully saturated rings. The lowest BCUT2D eigenvalue weighted by atomic mass is 10.1. The molecule has 188 valence electrons. The van der Waals surface area contributed by atoms with Crippen LogP contribution >= 0.6 is 15.9 Å². The second-order valence-electron chi connectivity index (χ2n) is 7.77. The zero-order chi connectivity index (χ0) is 25.5. The van der Waals surface area contributed by atoms with E-state index in [0.29, 0.717) is 33.7 Å². The Bertz CT molecular complexity index is 1350. The zero-order valence-corrected chi connectivity index (χ0v) is 21.8. The van der Waals surface area contributed by atoms with Crippen molar-refractivity contribution >= 4 is 38.1 Å². The lowest BCUT2D eigenvalue weighted by molar-refractivity contribution is -0.121. The Kier molecular flexibility index (Phi) is 8.24. The van der Waals surface area contributed by atoms with Crippen LogP contribution in [0.5, 0.6) is 17.2 Å². The third kappa shape index (κ3) is 6.23. The minimum atomic E-state index is -3.95. The van der Waals surface area contributed by atoms with Crippen LogP contribution in [0, 0.1) is 0 Å². The summed E-state index contributed by atoms with van der Waals surface area (Å²) in [6.45, 7) is -0.148. The number of nitrogens with one attached hydrogen (secondary N) is 1. The summed E-state index contributed by atoms with van der Waals surface area (Å²) in [5.74, 6) is 1.14. The second kappa shape index (κ2) is 11.5. The van der Waals surface area contributed by atoms with Gasteiger partial charge < -0.3 is 14.2 Å². The molecule has 9 nitrogen and oxygen atoms in total. The van der Waals surface area contributed by atoms with Crippen molar-refractivity contribution in [1.82, 2.24) is 9.73 Å². The van der Waals surface area contributed by atoms with E-state index in [2.05, 4.69) is 26.5 Å². The average Bonchev–Trinajstić information content (AvgIpc) is 3.34. The summed E-state index contributed by atoms with van der Waals surface area (Å²) >= 11 is 3.43. The molecule has 3 aromatic rings. The van der Waals surface area contributed by atoms with Gasteiger partial charge in [-0.15, -0.1) is 0 Å². The molecule has 0 unspecified atom stereocenters. The monoisotopic (exact) mass is 573 g/mol. The normalized spacial score (nSPS) is 12.8. The number of halogens is 1. The highest BCUT2D eigenvalue weighted by Crippen LogP contribution is 2.36. The van der Waals surface area contributed by atoms with Crippen LogP contribution in [0.3, 0.4) is 0 Å². The molecule has 1 heterocycles. The highest BCUT2D eigenvalue weighted by molar-refractivity contribution is 9.10. The van der Waals surface area contributed by atoms with Gasteiger partial charge in [-0.1, -0.05) is 30.3 Å². The van der Waals surface area contributed by atoms with E-state index in [9.17, 15) is 13.2 Å². The molecule has 11 heteroatoms. The van der Waals surface area contributed by atoms with Crippen LogP contribution in [-0.2, 0) is 21.2 Å². The number of benzene rings is 3. The van der Waals surface area contributed by atoms with E-state index in [-0.39, 0.29) is 18.2 Å². The number of hydrogen-bond donors (Lipinski definition) is 1. The van der Waals surface area contributed by atoms with Gasteiger partial charge >= 0.3 is 0 Å². The first-order valence-electron chi connectivity index (χ1n) is 11.0. The molecular weight excluding hydrogens is 550 g/mol. The molecule has 36 heavy (non-hydrogen) atoms. The van der Waals surface area contributed by atoms with E-state index >= 15 is 0 Å². The summed E-state index contributed by atoms with van der Waals surface area (Å²) < 4.78 is 44.4. The SMILES string of the molecule is COc1ccc(S(=O)(=O)N(CCc2ccccc2)CC(=O)N/N=C\c2cc3c(cc2Br)OCO3)cc1. The molecule has 0 radical (unpaired) electrons. The van der Waals surface area contributed by atoms with Crippen LogP contribution in [-0.4, -0.2) is 51.8 Å². The van der Waals surface area contributed by atoms with Crippen molar-refractivity contribution in [2.24, 2.45) is 5.10 Å². The van der Waals surface area contributed by atoms with Crippen molar-refractivity contribution in [3.8, 4) is 17.2 Å². The molecule has 0 aromatic heterocycles. The van der Waals surface area contributed by atoms with Gasteiger partial charge in [-0.25, -0.2) is 13.8 Å². The van der Waals surface area contributed by atoms with Crippen molar-refractivity contribution < 1.29 is 27.4 Å². The quantitative estimate of drug-likeness (QED) is 0.293. The van der Waals surface area contributed by atoms with Gasteiger partial charge in [-0.2, -0.15) is 9.41 Å². The summed E-state index contributed by atoms with van der Waals surface area (Å²) in [5.41, 5.74) is 4.02. The van der Waals surface area contributed by atoms with Gasteiger partial charge in [0, 0.05) is 16.6 Å². The Hall–Kier alpha value is -3.41. The van der Waals surface area contributed by atoms with Gasteiger partial charge in [0.05, 0.1) is 24.8 Å². The lowest BCUT2D eigenvalue weighted by Gasteiger charge is -2.21. The van der Waals surface area contributed by atoms with Crippen molar-refractivity contribution in [3.05, 3.63) is 82.3 Å². The first kappa shape index (κ1) is 25.7. The fourth-order valence-electron chi connectivity index (χ4n) is 3.48. The Labute approximate surface area is 217 Å². The minimum absolute atomic E-state index is 0.0666. The maximum Gasteiger partial charge on any atom is 0.255 e. The standard InChI is InChI=1S/C25H24BrN3O6S/c1-33-20-7-9-21(10-8-20)36(31,32)29(12-11-18-5-3-2-4-6-18)16-25(30)28-27-15-19-13-23-24(14-22(19)26)35-17-34-23/h2-10,13-15H,11-12,16-17H2,1H3,(H,28,30)/b27-15-. The molecule has 0 spiro atoms. The summed E-state index contributed by atoms with van der Waals surface area (Å²) in [6.07, 6.45) is 1.88. The number of carbonyl (C=O) groups is 1. The van der Waals surface area contributed by atoms with E-state index < -0.39 is 22.5 Å². The number of fused-ring (bicyclic) bond motifs is 1. The number of nitrogens with zero attached hydrogens (tertiary/aromatic N) is 2. The van der Waals surface area contributed by atoms with E-state index in [1.807, 2.05) is 30.3 Å². The van der Waals surface area contributed by atoms with Gasteiger partial charge in [0.1, 0.15) is 5.75 Å². The van der Waals surface area contributed by atoms with Gasteiger partial charge in [0.25, 0.3) is 5.91 Å². The number of methoxy groups -OCH3 is 1. The molecule has 1 N–H and O–H groups in total. The first-order valence-corrected chi connectivity index (χ1v) is 13.2. The van der Waals surface area contributed by atoms with E-state index in [0.717, 1.165) is 9.87 Å². The predicted molar refractivity (Wildman–Crippen MR) is 138 cm³/mol. The summed E-state index contributed by atoms with van der Waals surface area (Å²) in [5, 5.41) is 3.99. The zero-order valence-electron chi connectivity index (χ0n) is 19.4. The number of sulfonamides is 1. The highest BCUT2D eigenvalue weighted by atomic mass is 79.9. The topological polar surface area (TPSA) is 107 Å². The van der Waals surface area contributed by atoms with E-state index in [1.54, 1.807) is 24.3 Å². The molecule has 3 aromatic carbocycles. The predicted octanol–water partition coefficient (Wildman–Crippen LogP) is 3.57. The number of hydrogen-bond acceptors (Lipinski definition) is 7. The van der Waals surface area contributed by atoms with Gasteiger partial charge in [-0.3, -0.25) is 4.79 Å². The van der Waals surface area contributed by atoms with Crippen molar-refractivity contribution in [1.29, 1.82) is 0 Å². The van der Waals surface area contributed by atoms with Crippen LogP contribution in [0.25, 0.3) is 0 Å². The number of hydrazone groups is 1. The van der Waals surface area contributed by atoms with E-state index in [4.69, 9.17) is 14.2 Å². The molecule has 1 amide bonds. The van der Waals surface area contributed by atoms with Crippen LogP contribution in [0.4, 0.5) is 0 Å². The molecule has 0 saturated carbocycles. The summed E-state index contributed by atoms with van der Waals surface area (Å²) in [4.78, 5) is 12.8. The summed E-state index contributed by atoms with van der Waals surface area (Å²) in [6, 6.07) is 19.0. The smallest absolute Gasteiger partial charge is 0.255 e. The Morgan fingerprint density at radius 3 is 2.50 bits per heavy atom. The Morgan fingerprint density at radius 1 is 1.11 bits per heavy atom. The number of rotatable bonds is 10. The lowest BCUT2D eigenvalue weighted by Crippen LogP contribution is -2.40. The van der Waals surface area contributed by atoms with Gasteiger partial charge in [0.2, 0.25) is 16.8 Å². The van der Waals surface area contributed by atoms with Gasteiger partial charge in [0.15, 0.2) is 11.5 Å². The van der Waals surface area contributed by atoms with Crippen LogP contribution in [0.15, 0.2) is 81.2 Å². The third-order valence-corrected chi connectivity index (χ3v) is 7.94. The minimum Gasteiger partial charge on any atom is -0.497 e. The third-order valence-electron chi connectivity index (χ3n) is 5.39. The summed E-state index contributed by atoms with van der Waals surface area (Å²) in [7, 11) is -2.45.